The van der Waals surface area contributed by atoms with Gasteiger partial charge in [-0.15, -0.1) is 0 Å². The second-order valence-electron chi connectivity index (χ2n) is 7.36. The van der Waals surface area contributed by atoms with Crippen molar-refractivity contribution >= 4 is 5.71 Å². The van der Waals surface area contributed by atoms with E-state index in [1.165, 1.54) is 24.3 Å². The first-order valence-electron chi connectivity index (χ1n) is 10.1. The Kier molecular flexibility index (Phi) is 6.12. The van der Waals surface area contributed by atoms with Gasteiger partial charge in [-0.25, -0.2) is 13.2 Å². The third-order valence-corrected chi connectivity index (χ3v) is 5.25. The average Bonchev–Trinajstić information content (AvgIpc) is 3.13. The molecule has 0 radical (unpaired) electrons. The van der Waals surface area contributed by atoms with Crippen LogP contribution >= 0.6 is 0 Å². The van der Waals surface area contributed by atoms with Crippen molar-refractivity contribution in [3.8, 4) is 16.9 Å². The highest BCUT2D eigenvalue weighted by Gasteiger charge is 2.19. The summed E-state index contributed by atoms with van der Waals surface area (Å²) in [5, 5.41) is 4.15. The van der Waals surface area contributed by atoms with E-state index >= 15 is 0 Å². The number of benzene rings is 3. The van der Waals surface area contributed by atoms with Crippen molar-refractivity contribution in [2.24, 2.45) is 5.16 Å². The van der Waals surface area contributed by atoms with Gasteiger partial charge in [0.1, 0.15) is 24.1 Å². The van der Waals surface area contributed by atoms with E-state index in [1.54, 1.807) is 60.0 Å². The number of halogens is 3. The highest BCUT2D eigenvalue weighted by molar-refractivity contribution is 6.01. The molecule has 6 heteroatoms. The molecule has 0 aliphatic carbocycles. The van der Waals surface area contributed by atoms with Crippen molar-refractivity contribution in [2.75, 3.05) is 0 Å². The highest BCUT2D eigenvalue weighted by Crippen LogP contribution is 2.31. The normalized spacial score (nSPS) is 11.6. The quantitative estimate of drug-likeness (QED) is 0.242. The molecule has 0 N–H and O–H groups in total. The summed E-state index contributed by atoms with van der Waals surface area (Å²) in [5.41, 5.74) is 4.21. The van der Waals surface area contributed by atoms with Crippen LogP contribution in [0.15, 0.2) is 84.0 Å². The summed E-state index contributed by atoms with van der Waals surface area (Å²) in [6.07, 6.45) is 0. The molecule has 4 aromatic rings. The van der Waals surface area contributed by atoms with Gasteiger partial charge in [0.25, 0.3) is 0 Å². The molecule has 162 valence electrons. The van der Waals surface area contributed by atoms with Crippen LogP contribution in [0.5, 0.6) is 0 Å². The van der Waals surface area contributed by atoms with Gasteiger partial charge >= 0.3 is 0 Å². The van der Waals surface area contributed by atoms with Crippen LogP contribution in [0.4, 0.5) is 13.2 Å². The largest absolute Gasteiger partial charge is 0.391 e. The molecule has 0 atom stereocenters. The summed E-state index contributed by atoms with van der Waals surface area (Å²) in [6.45, 7) is 3.61. The number of hydrogen-bond donors (Lipinski definition) is 0. The Morgan fingerprint density at radius 1 is 0.875 bits per heavy atom. The van der Waals surface area contributed by atoms with Gasteiger partial charge in [0, 0.05) is 16.8 Å². The molecular formula is C26H21F3N2O. The lowest BCUT2D eigenvalue weighted by Gasteiger charge is -2.13. The summed E-state index contributed by atoms with van der Waals surface area (Å²) < 4.78 is 43.7. The lowest BCUT2D eigenvalue weighted by molar-refractivity contribution is 0.128. The molecule has 1 heterocycles. The van der Waals surface area contributed by atoms with Gasteiger partial charge in [-0.3, -0.25) is 0 Å². The Bertz CT molecular complexity index is 1280. The Morgan fingerprint density at radius 2 is 1.53 bits per heavy atom. The lowest BCUT2D eigenvalue weighted by Crippen LogP contribution is -2.04. The predicted octanol–water partition coefficient (Wildman–Crippen LogP) is 6.81. The predicted molar refractivity (Wildman–Crippen MR) is 119 cm³/mol. The first kappa shape index (κ1) is 21.4. The first-order chi connectivity index (χ1) is 15.5. The lowest BCUT2D eigenvalue weighted by atomic mass is 10.1. The summed E-state index contributed by atoms with van der Waals surface area (Å²) >= 11 is 0. The number of para-hydroxylation sites is 1. The number of aromatic nitrogens is 1. The van der Waals surface area contributed by atoms with Gasteiger partial charge in [0.05, 0.1) is 17.1 Å². The fourth-order valence-corrected chi connectivity index (χ4v) is 3.61. The van der Waals surface area contributed by atoms with Crippen LogP contribution < -0.4 is 0 Å². The zero-order chi connectivity index (χ0) is 22.7. The van der Waals surface area contributed by atoms with E-state index in [0.29, 0.717) is 22.7 Å². The minimum atomic E-state index is -0.383. The molecule has 0 saturated carbocycles. The Morgan fingerprint density at radius 3 is 2.22 bits per heavy atom. The molecule has 3 aromatic carbocycles. The molecule has 0 spiro atoms. The highest BCUT2D eigenvalue weighted by atomic mass is 19.1. The minimum Gasteiger partial charge on any atom is -0.391 e. The van der Waals surface area contributed by atoms with Crippen LogP contribution in [-0.4, -0.2) is 10.3 Å². The SMILES string of the molecule is C/C(=N/OCc1ccccc1F)c1cc(-c2ccc(F)cc2)n(-c2ccccc2F)c1C. The third kappa shape index (κ3) is 4.30. The van der Waals surface area contributed by atoms with Gasteiger partial charge in [0.2, 0.25) is 0 Å². The van der Waals surface area contributed by atoms with E-state index in [0.717, 1.165) is 16.8 Å². The van der Waals surface area contributed by atoms with Crippen LogP contribution in [0.25, 0.3) is 16.9 Å². The molecule has 1 aromatic heterocycles. The maximum atomic E-state index is 14.7. The average molecular weight is 434 g/mol. The standard InChI is InChI=1S/C26H21F3N2O/c1-17(30-32-16-20-7-3-4-8-23(20)28)22-15-26(19-11-13-21(27)14-12-19)31(18(22)2)25-10-6-5-9-24(25)29/h3-15H,16H2,1-2H3/b30-17-. The molecule has 0 amide bonds. The minimum absolute atomic E-state index is 0.0120. The Balaban J connectivity index is 1.74. The fourth-order valence-electron chi connectivity index (χ4n) is 3.61. The summed E-state index contributed by atoms with van der Waals surface area (Å²) in [7, 11) is 0. The zero-order valence-corrected chi connectivity index (χ0v) is 17.6. The van der Waals surface area contributed by atoms with Crippen LogP contribution in [0.2, 0.25) is 0 Å². The molecule has 0 unspecified atom stereocenters. The van der Waals surface area contributed by atoms with Crippen LogP contribution in [-0.2, 0) is 11.4 Å². The molecule has 0 saturated heterocycles. The van der Waals surface area contributed by atoms with Gasteiger partial charge in [-0.1, -0.05) is 35.5 Å². The molecular weight excluding hydrogens is 413 g/mol. The number of hydrogen-bond acceptors (Lipinski definition) is 2. The number of rotatable bonds is 6. The summed E-state index contributed by atoms with van der Waals surface area (Å²) in [5.74, 6) is -1.10. The Hall–Kier alpha value is -3.80. The van der Waals surface area contributed by atoms with E-state index in [-0.39, 0.29) is 24.1 Å². The molecule has 0 fully saturated rings. The third-order valence-electron chi connectivity index (χ3n) is 5.25. The molecule has 0 aliphatic rings. The molecule has 32 heavy (non-hydrogen) atoms. The molecule has 0 bridgehead atoms. The van der Waals surface area contributed by atoms with Crippen LogP contribution in [0.3, 0.4) is 0 Å². The zero-order valence-electron chi connectivity index (χ0n) is 17.6. The van der Waals surface area contributed by atoms with Crippen molar-refractivity contribution in [3.63, 3.8) is 0 Å². The number of oxime groups is 1. The van der Waals surface area contributed by atoms with Gasteiger partial charge in [-0.05, 0) is 67.9 Å². The van der Waals surface area contributed by atoms with Crippen LogP contribution in [0.1, 0.15) is 23.7 Å². The van der Waals surface area contributed by atoms with Gasteiger partial charge in [0.15, 0.2) is 0 Å². The van der Waals surface area contributed by atoms with Crippen LogP contribution in [0, 0.1) is 24.4 Å². The first-order valence-corrected chi connectivity index (χ1v) is 10.1. The number of nitrogens with zero attached hydrogens (tertiary/aromatic N) is 2. The molecule has 3 nitrogen and oxygen atoms in total. The summed E-state index contributed by atoms with van der Waals surface area (Å²) in [6, 6.07) is 20.7. The Labute approximate surface area is 184 Å². The van der Waals surface area contributed by atoms with E-state index < -0.39 is 0 Å². The van der Waals surface area contributed by atoms with Crippen molar-refractivity contribution in [1.29, 1.82) is 0 Å². The monoisotopic (exact) mass is 434 g/mol. The van der Waals surface area contributed by atoms with Crippen molar-refractivity contribution in [1.82, 2.24) is 4.57 Å². The van der Waals surface area contributed by atoms with Gasteiger partial charge in [-0.2, -0.15) is 0 Å². The second kappa shape index (κ2) is 9.14. The van der Waals surface area contributed by atoms with E-state index in [2.05, 4.69) is 5.16 Å². The molecule has 4 rings (SSSR count). The van der Waals surface area contributed by atoms with Gasteiger partial charge < -0.3 is 9.40 Å². The van der Waals surface area contributed by atoms with Crippen molar-refractivity contribution in [2.45, 2.75) is 20.5 Å². The van der Waals surface area contributed by atoms with Crippen molar-refractivity contribution < 1.29 is 18.0 Å². The topological polar surface area (TPSA) is 26.5 Å². The maximum absolute atomic E-state index is 14.7. The van der Waals surface area contributed by atoms with E-state index in [9.17, 15) is 13.2 Å². The maximum Gasteiger partial charge on any atom is 0.147 e. The van der Waals surface area contributed by atoms with Crippen molar-refractivity contribution in [3.05, 3.63) is 113 Å². The fraction of sp³-hybridized carbons (Fsp3) is 0.115. The summed E-state index contributed by atoms with van der Waals surface area (Å²) in [4.78, 5) is 5.39. The van der Waals surface area contributed by atoms with E-state index in [1.807, 2.05) is 13.0 Å². The second-order valence-corrected chi connectivity index (χ2v) is 7.36. The molecule has 0 aliphatic heterocycles. The smallest absolute Gasteiger partial charge is 0.147 e. The van der Waals surface area contributed by atoms with E-state index in [4.69, 9.17) is 4.84 Å².